The summed E-state index contributed by atoms with van der Waals surface area (Å²) < 4.78 is 0. The second kappa shape index (κ2) is 7.42. The number of hydrogen-bond acceptors (Lipinski definition) is 4. The SMILES string of the molecule is CC.NC1(c2ccc(Cl)cc2)CCN(c2ncnc3[nH]ccc23)CC1. The van der Waals surface area contributed by atoms with Gasteiger partial charge in [-0.2, -0.15) is 0 Å². The lowest BCUT2D eigenvalue weighted by Gasteiger charge is -2.40. The van der Waals surface area contributed by atoms with Crippen LogP contribution in [0, 0.1) is 0 Å². The minimum absolute atomic E-state index is 0.300. The van der Waals surface area contributed by atoms with Crippen LogP contribution >= 0.6 is 11.6 Å². The third kappa shape index (κ3) is 3.48. The van der Waals surface area contributed by atoms with Crippen LogP contribution < -0.4 is 10.6 Å². The van der Waals surface area contributed by atoms with Crippen molar-refractivity contribution in [2.75, 3.05) is 18.0 Å². The molecule has 2 aromatic heterocycles. The molecule has 4 rings (SSSR count). The van der Waals surface area contributed by atoms with Crippen LogP contribution in [0.2, 0.25) is 5.02 Å². The fourth-order valence-corrected chi connectivity index (χ4v) is 3.42. The Morgan fingerprint density at radius 1 is 1.08 bits per heavy atom. The van der Waals surface area contributed by atoms with Crippen LogP contribution in [0.1, 0.15) is 32.3 Å². The van der Waals surface area contributed by atoms with Gasteiger partial charge in [0.05, 0.1) is 5.39 Å². The summed E-state index contributed by atoms with van der Waals surface area (Å²) >= 11 is 5.98. The van der Waals surface area contributed by atoms with E-state index in [0.29, 0.717) is 0 Å². The fraction of sp³-hybridized carbons (Fsp3) is 0.368. The maximum Gasteiger partial charge on any atom is 0.142 e. The molecule has 1 aliphatic rings. The standard InChI is InChI=1S/C17H18ClN5.C2H6/c18-13-3-1-12(2-4-13)17(19)6-9-23(10-7-17)16-14-5-8-20-15(14)21-11-22-16;1-2/h1-5,8,11H,6-7,9-10,19H2,(H,20,21,22);1-2H3. The van der Waals surface area contributed by atoms with E-state index in [2.05, 4.69) is 19.9 Å². The first kappa shape index (κ1) is 17.7. The molecule has 0 radical (unpaired) electrons. The topological polar surface area (TPSA) is 70.8 Å². The number of aromatic amines is 1. The van der Waals surface area contributed by atoms with Gasteiger partial charge in [-0.3, -0.25) is 0 Å². The van der Waals surface area contributed by atoms with E-state index < -0.39 is 0 Å². The van der Waals surface area contributed by atoms with Gasteiger partial charge in [0.2, 0.25) is 0 Å². The maximum atomic E-state index is 6.65. The Bertz CT molecular complexity index is 819. The summed E-state index contributed by atoms with van der Waals surface area (Å²) in [6, 6.07) is 9.91. The molecular weight excluding hydrogens is 334 g/mol. The highest BCUT2D eigenvalue weighted by Gasteiger charge is 2.33. The molecule has 25 heavy (non-hydrogen) atoms. The molecule has 6 heteroatoms. The zero-order valence-corrected chi connectivity index (χ0v) is 15.4. The normalized spacial score (nSPS) is 16.4. The highest BCUT2D eigenvalue weighted by atomic mass is 35.5. The third-order valence-corrected chi connectivity index (χ3v) is 4.96. The van der Waals surface area contributed by atoms with Gasteiger partial charge in [-0.1, -0.05) is 37.6 Å². The second-order valence-corrected chi connectivity index (χ2v) is 6.52. The van der Waals surface area contributed by atoms with E-state index in [1.807, 2.05) is 50.4 Å². The average Bonchev–Trinajstić information content (AvgIpc) is 3.13. The summed E-state index contributed by atoms with van der Waals surface area (Å²) in [5.41, 5.74) is 8.38. The van der Waals surface area contributed by atoms with Gasteiger partial charge in [0.15, 0.2) is 0 Å². The van der Waals surface area contributed by atoms with Crippen molar-refractivity contribution in [1.29, 1.82) is 0 Å². The number of benzene rings is 1. The first-order chi connectivity index (χ1) is 12.2. The van der Waals surface area contributed by atoms with Gasteiger partial charge in [-0.15, -0.1) is 0 Å². The molecule has 1 fully saturated rings. The van der Waals surface area contributed by atoms with Crippen LogP contribution in [0.3, 0.4) is 0 Å². The van der Waals surface area contributed by atoms with Gasteiger partial charge in [0.1, 0.15) is 17.8 Å². The Kier molecular flexibility index (Phi) is 5.25. The smallest absolute Gasteiger partial charge is 0.142 e. The monoisotopic (exact) mass is 357 g/mol. The summed E-state index contributed by atoms with van der Waals surface area (Å²) in [4.78, 5) is 14.1. The van der Waals surface area contributed by atoms with Crippen molar-refractivity contribution in [2.24, 2.45) is 5.73 Å². The number of piperidine rings is 1. The Morgan fingerprint density at radius 2 is 1.76 bits per heavy atom. The van der Waals surface area contributed by atoms with E-state index in [9.17, 15) is 0 Å². The van der Waals surface area contributed by atoms with Gasteiger partial charge in [-0.05, 0) is 36.6 Å². The molecule has 3 N–H and O–H groups in total. The van der Waals surface area contributed by atoms with Crippen molar-refractivity contribution in [3.63, 3.8) is 0 Å². The molecule has 0 saturated carbocycles. The van der Waals surface area contributed by atoms with Crippen molar-refractivity contribution >= 4 is 28.5 Å². The number of anilines is 1. The van der Waals surface area contributed by atoms with Crippen molar-refractivity contribution in [1.82, 2.24) is 15.0 Å². The molecule has 5 nitrogen and oxygen atoms in total. The van der Waals surface area contributed by atoms with Crippen molar-refractivity contribution < 1.29 is 0 Å². The van der Waals surface area contributed by atoms with Gasteiger partial charge >= 0.3 is 0 Å². The van der Waals surface area contributed by atoms with Crippen LogP contribution in [0.15, 0.2) is 42.9 Å². The molecule has 132 valence electrons. The summed E-state index contributed by atoms with van der Waals surface area (Å²) in [7, 11) is 0. The lowest BCUT2D eigenvalue weighted by atomic mass is 9.82. The lowest BCUT2D eigenvalue weighted by Crippen LogP contribution is -2.48. The minimum atomic E-state index is -0.300. The molecular formula is C19H24ClN5. The zero-order valence-electron chi connectivity index (χ0n) is 14.7. The number of H-pyrrole nitrogens is 1. The van der Waals surface area contributed by atoms with Gasteiger partial charge in [0.25, 0.3) is 0 Å². The quantitative estimate of drug-likeness (QED) is 0.724. The number of rotatable bonds is 2. The molecule has 1 aromatic carbocycles. The number of nitrogens with zero attached hydrogens (tertiary/aromatic N) is 3. The molecule has 0 bridgehead atoms. The van der Waals surface area contributed by atoms with Crippen molar-refractivity contribution in [2.45, 2.75) is 32.2 Å². The Hall–Kier alpha value is -2.11. The minimum Gasteiger partial charge on any atom is -0.356 e. The molecule has 3 heterocycles. The van der Waals surface area contributed by atoms with Crippen LogP contribution in [0.25, 0.3) is 11.0 Å². The second-order valence-electron chi connectivity index (χ2n) is 6.09. The first-order valence-electron chi connectivity index (χ1n) is 8.74. The van der Waals surface area contributed by atoms with E-state index in [-0.39, 0.29) is 5.54 Å². The van der Waals surface area contributed by atoms with E-state index in [0.717, 1.165) is 53.4 Å². The Morgan fingerprint density at radius 3 is 2.44 bits per heavy atom. The van der Waals surface area contributed by atoms with Crippen molar-refractivity contribution in [3.8, 4) is 0 Å². The summed E-state index contributed by atoms with van der Waals surface area (Å²) in [6.07, 6.45) is 5.26. The number of halogens is 1. The summed E-state index contributed by atoms with van der Waals surface area (Å²) in [6.45, 7) is 5.74. The highest BCUT2D eigenvalue weighted by Crippen LogP contribution is 2.34. The van der Waals surface area contributed by atoms with Crippen LogP contribution in [-0.4, -0.2) is 28.0 Å². The van der Waals surface area contributed by atoms with Crippen LogP contribution in [0.5, 0.6) is 0 Å². The third-order valence-electron chi connectivity index (χ3n) is 4.71. The molecule has 1 saturated heterocycles. The number of fused-ring (bicyclic) bond motifs is 1. The van der Waals surface area contributed by atoms with Gasteiger partial charge < -0.3 is 15.6 Å². The predicted octanol–water partition coefficient (Wildman–Crippen LogP) is 4.09. The Labute approximate surface area is 153 Å². The molecule has 0 unspecified atom stereocenters. The average molecular weight is 358 g/mol. The van der Waals surface area contributed by atoms with Gasteiger partial charge in [0, 0.05) is 29.8 Å². The zero-order chi connectivity index (χ0) is 17.9. The van der Waals surface area contributed by atoms with Crippen LogP contribution in [-0.2, 0) is 5.54 Å². The van der Waals surface area contributed by atoms with E-state index >= 15 is 0 Å². The number of hydrogen-bond donors (Lipinski definition) is 2. The number of nitrogens with one attached hydrogen (secondary N) is 1. The van der Waals surface area contributed by atoms with E-state index in [4.69, 9.17) is 17.3 Å². The van der Waals surface area contributed by atoms with Gasteiger partial charge in [-0.25, -0.2) is 9.97 Å². The number of nitrogens with two attached hydrogens (primary N) is 1. The predicted molar refractivity (Wildman–Crippen MR) is 104 cm³/mol. The largest absolute Gasteiger partial charge is 0.356 e. The summed E-state index contributed by atoms with van der Waals surface area (Å²) in [5.74, 6) is 0.981. The summed E-state index contributed by atoms with van der Waals surface area (Å²) in [5, 5.41) is 1.80. The lowest BCUT2D eigenvalue weighted by molar-refractivity contribution is 0.342. The molecule has 0 atom stereocenters. The highest BCUT2D eigenvalue weighted by molar-refractivity contribution is 6.30. The van der Waals surface area contributed by atoms with E-state index in [1.165, 1.54) is 0 Å². The Balaban J connectivity index is 0.000000880. The van der Waals surface area contributed by atoms with Crippen LogP contribution in [0.4, 0.5) is 5.82 Å². The molecule has 3 aromatic rings. The fourth-order valence-electron chi connectivity index (χ4n) is 3.30. The molecule has 0 spiro atoms. The molecule has 0 aliphatic carbocycles. The number of aromatic nitrogens is 3. The van der Waals surface area contributed by atoms with Crippen molar-refractivity contribution in [3.05, 3.63) is 53.4 Å². The van der Waals surface area contributed by atoms with E-state index in [1.54, 1.807) is 6.33 Å². The first-order valence-corrected chi connectivity index (χ1v) is 9.11. The maximum absolute atomic E-state index is 6.65. The molecule has 0 amide bonds. The molecule has 1 aliphatic heterocycles.